The van der Waals surface area contributed by atoms with Crippen LogP contribution in [-0.4, -0.2) is 31.4 Å². The van der Waals surface area contributed by atoms with Gasteiger partial charge >= 0.3 is 6.09 Å². The minimum absolute atomic E-state index is 0.334. The first kappa shape index (κ1) is 15.8. The summed E-state index contributed by atoms with van der Waals surface area (Å²) in [6.07, 6.45) is 4.88. The van der Waals surface area contributed by atoms with Gasteiger partial charge in [-0.3, -0.25) is 0 Å². The second-order valence-electron chi connectivity index (χ2n) is 5.39. The fourth-order valence-electron chi connectivity index (χ4n) is 2.40. The van der Waals surface area contributed by atoms with Crippen LogP contribution in [0.25, 0.3) is 0 Å². The molecule has 21 heavy (non-hydrogen) atoms. The van der Waals surface area contributed by atoms with Crippen molar-refractivity contribution in [2.24, 2.45) is 5.73 Å². The maximum atomic E-state index is 11.5. The summed E-state index contributed by atoms with van der Waals surface area (Å²) in [4.78, 5) is 11.5. The zero-order valence-corrected chi connectivity index (χ0v) is 12.3. The Kier molecular flexibility index (Phi) is 6.50. The highest BCUT2D eigenvalue weighted by Gasteiger charge is 2.18. The molecule has 1 amide bonds. The lowest BCUT2D eigenvalue weighted by molar-refractivity contribution is 0.0242. The number of benzene rings is 1. The van der Waals surface area contributed by atoms with Crippen molar-refractivity contribution in [2.45, 2.75) is 44.2 Å². The number of nitrogens with one attached hydrogen (secondary N) is 1. The highest BCUT2D eigenvalue weighted by molar-refractivity contribution is 5.70. The predicted molar refractivity (Wildman–Crippen MR) is 81.3 cm³/mol. The molecule has 0 aliphatic heterocycles. The van der Waals surface area contributed by atoms with E-state index >= 15 is 0 Å². The van der Waals surface area contributed by atoms with Crippen LogP contribution in [0.1, 0.15) is 32.1 Å². The number of hydrogen-bond donors (Lipinski definition) is 2. The minimum atomic E-state index is -0.426. The third-order valence-electron chi connectivity index (χ3n) is 3.62. The van der Waals surface area contributed by atoms with Crippen LogP contribution in [0.2, 0.25) is 0 Å². The average molecular weight is 292 g/mol. The van der Waals surface area contributed by atoms with Gasteiger partial charge in [0.05, 0.1) is 6.10 Å². The SMILES string of the molecule is NC1CCC(OCCCNC(=O)Oc2ccccc2)CC1. The van der Waals surface area contributed by atoms with Crippen molar-refractivity contribution >= 4 is 6.09 Å². The number of carbonyl (C=O) groups is 1. The van der Waals surface area contributed by atoms with Crippen molar-refractivity contribution in [3.63, 3.8) is 0 Å². The van der Waals surface area contributed by atoms with Gasteiger partial charge in [-0.1, -0.05) is 18.2 Å². The van der Waals surface area contributed by atoms with Gasteiger partial charge in [-0.05, 0) is 44.2 Å². The predicted octanol–water partition coefficient (Wildman–Crippen LogP) is 2.45. The Bertz CT molecular complexity index is 417. The highest BCUT2D eigenvalue weighted by atomic mass is 16.6. The molecule has 2 rings (SSSR count). The first-order valence-electron chi connectivity index (χ1n) is 7.62. The molecule has 0 aromatic heterocycles. The quantitative estimate of drug-likeness (QED) is 0.790. The molecule has 1 aliphatic carbocycles. The molecule has 1 aromatic rings. The first-order valence-corrected chi connectivity index (χ1v) is 7.62. The van der Waals surface area contributed by atoms with Gasteiger partial charge in [0.2, 0.25) is 0 Å². The Hall–Kier alpha value is -1.59. The van der Waals surface area contributed by atoms with Crippen molar-refractivity contribution in [2.75, 3.05) is 13.2 Å². The van der Waals surface area contributed by atoms with Gasteiger partial charge in [0.15, 0.2) is 0 Å². The molecular formula is C16H24N2O3. The summed E-state index contributed by atoms with van der Waals surface area (Å²) in [6.45, 7) is 1.21. The average Bonchev–Trinajstić information content (AvgIpc) is 2.50. The lowest BCUT2D eigenvalue weighted by atomic mass is 9.94. The van der Waals surface area contributed by atoms with E-state index < -0.39 is 6.09 Å². The van der Waals surface area contributed by atoms with Crippen LogP contribution < -0.4 is 15.8 Å². The Morgan fingerprint density at radius 1 is 1.19 bits per heavy atom. The van der Waals surface area contributed by atoms with E-state index in [0.717, 1.165) is 32.1 Å². The van der Waals surface area contributed by atoms with Gasteiger partial charge in [-0.25, -0.2) is 4.79 Å². The fourth-order valence-corrected chi connectivity index (χ4v) is 2.40. The number of hydrogen-bond acceptors (Lipinski definition) is 4. The fraction of sp³-hybridized carbons (Fsp3) is 0.562. The molecule has 1 aliphatic rings. The number of rotatable bonds is 6. The van der Waals surface area contributed by atoms with E-state index in [1.807, 2.05) is 18.2 Å². The summed E-state index contributed by atoms with van der Waals surface area (Å²) in [5.41, 5.74) is 5.85. The maximum Gasteiger partial charge on any atom is 0.412 e. The summed E-state index contributed by atoms with van der Waals surface area (Å²) >= 11 is 0. The van der Waals surface area contributed by atoms with Crippen molar-refractivity contribution in [3.8, 4) is 5.75 Å². The molecule has 0 unspecified atom stereocenters. The van der Waals surface area contributed by atoms with Crippen molar-refractivity contribution in [1.82, 2.24) is 5.32 Å². The Morgan fingerprint density at radius 2 is 1.90 bits per heavy atom. The second kappa shape index (κ2) is 8.64. The Balaban J connectivity index is 1.50. The minimum Gasteiger partial charge on any atom is -0.410 e. The molecular weight excluding hydrogens is 268 g/mol. The van der Waals surface area contributed by atoms with Crippen LogP contribution in [0.5, 0.6) is 5.75 Å². The molecule has 1 aromatic carbocycles. The van der Waals surface area contributed by atoms with E-state index in [1.54, 1.807) is 12.1 Å². The molecule has 0 bridgehead atoms. The largest absolute Gasteiger partial charge is 0.412 e. The molecule has 0 spiro atoms. The monoisotopic (exact) mass is 292 g/mol. The second-order valence-corrected chi connectivity index (χ2v) is 5.39. The van der Waals surface area contributed by atoms with Crippen LogP contribution in [0.3, 0.4) is 0 Å². The lowest BCUT2D eigenvalue weighted by Gasteiger charge is -2.26. The topological polar surface area (TPSA) is 73.6 Å². The van der Waals surface area contributed by atoms with E-state index in [9.17, 15) is 4.79 Å². The summed E-state index contributed by atoms with van der Waals surface area (Å²) in [6, 6.07) is 9.37. The molecule has 0 radical (unpaired) electrons. The normalized spacial score (nSPS) is 21.8. The molecule has 0 heterocycles. The zero-order chi connectivity index (χ0) is 14.9. The molecule has 116 valence electrons. The van der Waals surface area contributed by atoms with Crippen molar-refractivity contribution in [1.29, 1.82) is 0 Å². The van der Waals surface area contributed by atoms with Gasteiger partial charge in [0, 0.05) is 19.2 Å². The van der Waals surface area contributed by atoms with Crippen LogP contribution >= 0.6 is 0 Å². The zero-order valence-electron chi connectivity index (χ0n) is 12.3. The van der Waals surface area contributed by atoms with E-state index in [1.165, 1.54) is 0 Å². The van der Waals surface area contributed by atoms with Crippen LogP contribution in [-0.2, 0) is 4.74 Å². The first-order chi connectivity index (χ1) is 10.2. The molecule has 1 fully saturated rings. The summed E-state index contributed by atoms with van der Waals surface area (Å²) in [7, 11) is 0. The van der Waals surface area contributed by atoms with Gasteiger partial charge in [-0.15, -0.1) is 0 Å². The Morgan fingerprint density at radius 3 is 2.62 bits per heavy atom. The van der Waals surface area contributed by atoms with Gasteiger partial charge < -0.3 is 20.5 Å². The molecule has 1 saturated carbocycles. The number of carbonyl (C=O) groups excluding carboxylic acids is 1. The number of nitrogens with two attached hydrogens (primary N) is 1. The van der Waals surface area contributed by atoms with Gasteiger partial charge in [-0.2, -0.15) is 0 Å². The van der Waals surface area contributed by atoms with E-state index in [-0.39, 0.29) is 0 Å². The molecule has 0 saturated heterocycles. The number of amides is 1. The number of para-hydroxylation sites is 1. The molecule has 5 nitrogen and oxygen atoms in total. The molecule has 5 heteroatoms. The van der Waals surface area contributed by atoms with Crippen LogP contribution in [0.4, 0.5) is 4.79 Å². The van der Waals surface area contributed by atoms with Crippen LogP contribution in [0.15, 0.2) is 30.3 Å². The summed E-state index contributed by atoms with van der Waals surface area (Å²) in [5.74, 6) is 0.546. The van der Waals surface area contributed by atoms with Crippen LogP contribution in [0, 0.1) is 0 Å². The van der Waals surface area contributed by atoms with Gasteiger partial charge in [0.1, 0.15) is 5.75 Å². The van der Waals surface area contributed by atoms with Crippen molar-refractivity contribution in [3.05, 3.63) is 30.3 Å². The van der Waals surface area contributed by atoms with Crippen molar-refractivity contribution < 1.29 is 14.3 Å². The van der Waals surface area contributed by atoms with Gasteiger partial charge in [0.25, 0.3) is 0 Å². The number of ether oxygens (including phenoxy) is 2. The molecule has 0 atom stereocenters. The lowest BCUT2D eigenvalue weighted by Crippen LogP contribution is -2.31. The summed E-state index contributed by atoms with van der Waals surface area (Å²) in [5, 5.41) is 2.71. The third kappa shape index (κ3) is 6.14. The standard InChI is InChI=1S/C16H24N2O3/c17-13-7-9-14(10-8-13)20-12-4-11-18-16(19)21-15-5-2-1-3-6-15/h1-3,5-6,13-14H,4,7-12,17H2,(H,18,19). The van der Waals surface area contributed by atoms with E-state index in [2.05, 4.69) is 5.32 Å². The van der Waals surface area contributed by atoms with E-state index in [4.69, 9.17) is 15.2 Å². The van der Waals surface area contributed by atoms with E-state index in [0.29, 0.717) is 31.0 Å². The maximum absolute atomic E-state index is 11.5. The Labute approximate surface area is 125 Å². The molecule has 3 N–H and O–H groups in total. The highest BCUT2D eigenvalue weighted by Crippen LogP contribution is 2.19. The third-order valence-corrected chi connectivity index (χ3v) is 3.62. The summed E-state index contributed by atoms with van der Waals surface area (Å²) < 4.78 is 10.9. The smallest absolute Gasteiger partial charge is 0.410 e.